The lowest BCUT2D eigenvalue weighted by Crippen LogP contribution is -2.48. The Balaban J connectivity index is 0.00000264. The quantitative estimate of drug-likeness (QED) is 0.660. The fraction of sp³-hybridized carbons (Fsp3) is 0.938. The molecule has 0 bridgehead atoms. The molecule has 0 atom stereocenters. The van der Waals surface area contributed by atoms with E-state index in [0.29, 0.717) is 12.5 Å². The Kier molecular flexibility index (Phi) is 10.1. The maximum Gasteiger partial charge on any atom is 0.319 e. The molecule has 2 heterocycles. The number of piperidine rings is 1. The summed E-state index contributed by atoms with van der Waals surface area (Å²) in [5.41, 5.74) is 0. The monoisotopic (exact) mass is 348 g/mol. The third-order valence-electron chi connectivity index (χ3n) is 4.88. The van der Waals surface area contributed by atoms with E-state index < -0.39 is 0 Å². The Labute approximate surface area is 146 Å². The molecular formula is C16H33ClN4O2. The number of hydrogen-bond acceptors (Lipinski definition) is 6. The van der Waals surface area contributed by atoms with Gasteiger partial charge in [-0.25, -0.2) is 0 Å². The van der Waals surface area contributed by atoms with Crippen LogP contribution in [0.4, 0.5) is 0 Å². The van der Waals surface area contributed by atoms with Gasteiger partial charge >= 0.3 is 5.97 Å². The van der Waals surface area contributed by atoms with Gasteiger partial charge in [0.1, 0.15) is 0 Å². The van der Waals surface area contributed by atoms with Crippen LogP contribution in [0.2, 0.25) is 0 Å². The molecule has 0 aromatic heterocycles. The molecule has 0 aromatic carbocycles. The highest BCUT2D eigenvalue weighted by Gasteiger charge is 2.20. The van der Waals surface area contributed by atoms with Gasteiger partial charge in [-0.2, -0.15) is 0 Å². The molecule has 0 unspecified atom stereocenters. The summed E-state index contributed by atoms with van der Waals surface area (Å²) in [6.45, 7) is 10.2. The van der Waals surface area contributed by atoms with E-state index in [4.69, 9.17) is 4.74 Å². The average Bonchev–Trinajstić information content (AvgIpc) is 2.55. The smallest absolute Gasteiger partial charge is 0.319 e. The predicted octanol–water partition coefficient (Wildman–Crippen LogP) is 0.130. The molecule has 2 aliphatic heterocycles. The lowest BCUT2D eigenvalue weighted by Gasteiger charge is -2.35. The van der Waals surface area contributed by atoms with Gasteiger partial charge in [-0.15, -0.1) is 12.4 Å². The molecule has 6 nitrogen and oxygen atoms in total. The minimum Gasteiger partial charge on any atom is -0.468 e. The van der Waals surface area contributed by atoms with E-state index in [-0.39, 0.29) is 18.4 Å². The molecule has 0 amide bonds. The first kappa shape index (κ1) is 20.6. The van der Waals surface area contributed by atoms with Crippen molar-refractivity contribution in [2.75, 3.05) is 79.6 Å². The number of carbonyl (C=O) groups is 1. The minimum absolute atomic E-state index is 0. The molecule has 0 spiro atoms. The first-order valence-electron chi connectivity index (χ1n) is 8.58. The van der Waals surface area contributed by atoms with Gasteiger partial charge in [0.2, 0.25) is 0 Å². The molecule has 0 radical (unpaired) electrons. The van der Waals surface area contributed by atoms with Gasteiger partial charge in [-0.05, 0) is 38.9 Å². The van der Waals surface area contributed by atoms with Crippen molar-refractivity contribution in [3.8, 4) is 0 Å². The first-order chi connectivity index (χ1) is 10.7. The van der Waals surface area contributed by atoms with Crippen molar-refractivity contribution in [2.45, 2.75) is 12.8 Å². The summed E-state index contributed by atoms with van der Waals surface area (Å²) in [6, 6.07) is 0. The van der Waals surface area contributed by atoms with Gasteiger partial charge in [0.25, 0.3) is 0 Å². The lowest BCUT2D eigenvalue weighted by atomic mass is 9.97. The van der Waals surface area contributed by atoms with E-state index in [1.165, 1.54) is 20.0 Å². The minimum atomic E-state index is -0.118. The van der Waals surface area contributed by atoms with Crippen LogP contribution < -0.4 is 5.32 Å². The number of rotatable bonds is 7. The van der Waals surface area contributed by atoms with E-state index in [0.717, 1.165) is 58.9 Å². The fourth-order valence-electron chi connectivity index (χ4n) is 3.27. The van der Waals surface area contributed by atoms with Crippen LogP contribution in [0, 0.1) is 5.92 Å². The summed E-state index contributed by atoms with van der Waals surface area (Å²) in [5.74, 6) is 0.589. The van der Waals surface area contributed by atoms with Gasteiger partial charge < -0.3 is 15.0 Å². The van der Waals surface area contributed by atoms with Crippen LogP contribution >= 0.6 is 12.4 Å². The van der Waals surface area contributed by atoms with Gasteiger partial charge in [-0.1, -0.05) is 0 Å². The van der Waals surface area contributed by atoms with Crippen LogP contribution in [-0.2, 0) is 9.53 Å². The Bertz CT molecular complexity index is 332. The van der Waals surface area contributed by atoms with Crippen molar-refractivity contribution in [1.29, 1.82) is 0 Å². The molecule has 0 aromatic rings. The number of ether oxygens (including phenoxy) is 1. The number of esters is 1. The van der Waals surface area contributed by atoms with Crippen LogP contribution in [0.15, 0.2) is 0 Å². The van der Waals surface area contributed by atoms with Crippen LogP contribution in [0.25, 0.3) is 0 Å². The summed E-state index contributed by atoms with van der Waals surface area (Å²) < 4.78 is 4.86. The standard InChI is InChI=1S/C16H32N4O2.ClH/c1-18-7-9-19(10-8-18)11-12-20(14-16(21)22-2)13-15-3-5-17-6-4-15;/h15,17H,3-14H2,1-2H3;1H. The molecule has 1 N–H and O–H groups in total. The molecule has 7 heteroatoms. The zero-order chi connectivity index (χ0) is 15.8. The number of nitrogens with zero attached hydrogens (tertiary/aromatic N) is 3. The fourth-order valence-corrected chi connectivity index (χ4v) is 3.27. The molecular weight excluding hydrogens is 316 g/mol. The summed E-state index contributed by atoms with van der Waals surface area (Å²) in [7, 11) is 3.66. The van der Waals surface area contributed by atoms with E-state index >= 15 is 0 Å². The summed E-state index contributed by atoms with van der Waals surface area (Å²) in [4.78, 5) is 18.8. The number of hydrogen-bond donors (Lipinski definition) is 1. The molecule has 136 valence electrons. The largest absolute Gasteiger partial charge is 0.468 e. The highest BCUT2D eigenvalue weighted by molar-refractivity contribution is 5.85. The van der Waals surface area contributed by atoms with E-state index in [1.807, 2.05) is 0 Å². The van der Waals surface area contributed by atoms with Gasteiger partial charge in [-0.3, -0.25) is 14.6 Å². The zero-order valence-corrected chi connectivity index (χ0v) is 15.4. The topological polar surface area (TPSA) is 48.1 Å². The third-order valence-corrected chi connectivity index (χ3v) is 4.88. The van der Waals surface area contributed by atoms with Crippen LogP contribution in [-0.4, -0.2) is 100 Å². The summed E-state index contributed by atoms with van der Waals surface area (Å²) in [6.07, 6.45) is 2.43. The summed E-state index contributed by atoms with van der Waals surface area (Å²) in [5, 5.41) is 3.40. The SMILES string of the molecule is COC(=O)CN(CCN1CCN(C)CC1)CC1CCNCC1.Cl. The van der Waals surface area contributed by atoms with E-state index in [1.54, 1.807) is 0 Å². The van der Waals surface area contributed by atoms with Crippen molar-refractivity contribution in [3.05, 3.63) is 0 Å². The van der Waals surface area contributed by atoms with Crippen molar-refractivity contribution in [2.24, 2.45) is 5.92 Å². The van der Waals surface area contributed by atoms with Crippen LogP contribution in [0.5, 0.6) is 0 Å². The molecule has 0 aliphatic carbocycles. The van der Waals surface area contributed by atoms with Crippen molar-refractivity contribution in [1.82, 2.24) is 20.0 Å². The molecule has 23 heavy (non-hydrogen) atoms. The van der Waals surface area contributed by atoms with E-state index in [9.17, 15) is 4.79 Å². The Morgan fingerprint density at radius 1 is 1.22 bits per heavy atom. The van der Waals surface area contributed by atoms with Crippen LogP contribution in [0.3, 0.4) is 0 Å². The number of halogens is 1. The normalized spacial score (nSPS) is 21.2. The Morgan fingerprint density at radius 3 is 2.48 bits per heavy atom. The Hall–Kier alpha value is -0.400. The summed E-state index contributed by atoms with van der Waals surface area (Å²) >= 11 is 0. The Morgan fingerprint density at radius 2 is 1.87 bits per heavy atom. The highest BCUT2D eigenvalue weighted by Crippen LogP contribution is 2.13. The van der Waals surface area contributed by atoms with Gasteiger partial charge in [0, 0.05) is 45.8 Å². The van der Waals surface area contributed by atoms with E-state index in [2.05, 4.69) is 27.1 Å². The zero-order valence-electron chi connectivity index (χ0n) is 14.6. The number of nitrogens with one attached hydrogen (secondary N) is 1. The lowest BCUT2D eigenvalue weighted by molar-refractivity contribution is -0.142. The maximum absolute atomic E-state index is 11.7. The average molecular weight is 349 g/mol. The second-order valence-corrected chi connectivity index (χ2v) is 6.65. The number of likely N-dealkylation sites (N-methyl/N-ethyl adjacent to an activating group) is 1. The van der Waals surface area contributed by atoms with Crippen molar-refractivity contribution in [3.63, 3.8) is 0 Å². The second-order valence-electron chi connectivity index (χ2n) is 6.65. The number of piperazine rings is 1. The van der Waals surface area contributed by atoms with Crippen molar-refractivity contribution < 1.29 is 9.53 Å². The van der Waals surface area contributed by atoms with Gasteiger partial charge in [0.05, 0.1) is 13.7 Å². The molecule has 2 saturated heterocycles. The highest BCUT2D eigenvalue weighted by atomic mass is 35.5. The second kappa shape index (κ2) is 11.2. The molecule has 2 rings (SSSR count). The molecule has 2 fully saturated rings. The predicted molar refractivity (Wildman–Crippen MR) is 95.2 cm³/mol. The number of methoxy groups -OCH3 is 1. The van der Waals surface area contributed by atoms with Gasteiger partial charge in [0.15, 0.2) is 0 Å². The van der Waals surface area contributed by atoms with Crippen molar-refractivity contribution >= 4 is 18.4 Å². The third kappa shape index (κ3) is 7.81. The first-order valence-corrected chi connectivity index (χ1v) is 8.58. The molecule has 2 aliphatic rings. The van der Waals surface area contributed by atoms with Crippen LogP contribution in [0.1, 0.15) is 12.8 Å². The molecule has 0 saturated carbocycles. The maximum atomic E-state index is 11.7. The number of carbonyl (C=O) groups excluding carboxylic acids is 1.